The summed E-state index contributed by atoms with van der Waals surface area (Å²) in [6.07, 6.45) is 0. The Morgan fingerprint density at radius 3 is 0.816 bits per heavy atom. The average Bonchev–Trinajstić information content (AvgIpc) is 1.52. The molecule has 25 aromatic rings. The van der Waals surface area contributed by atoms with Crippen molar-refractivity contribution in [3.8, 4) is 90.0 Å². The molecule has 0 radical (unpaired) electrons. The van der Waals surface area contributed by atoms with Crippen molar-refractivity contribution in [3.63, 3.8) is 0 Å². The highest BCUT2D eigenvalue weighted by atomic mass is 15.2. The zero-order valence-electron chi connectivity index (χ0n) is 61.5. The molecule has 0 aliphatic heterocycles. The second kappa shape index (κ2) is 25.1. The Balaban J connectivity index is 0.000000132. The Kier molecular flexibility index (Phi) is 14.0. The van der Waals surface area contributed by atoms with Crippen molar-refractivity contribution in [2.45, 2.75) is 0 Å². The van der Waals surface area contributed by atoms with E-state index in [0.29, 0.717) is 11.9 Å². The van der Waals surface area contributed by atoms with Crippen molar-refractivity contribution in [1.29, 1.82) is 0 Å². The predicted octanol–water partition coefficient (Wildman–Crippen LogP) is 27.4. The normalized spacial score (nSPS) is 12.0. The summed E-state index contributed by atoms with van der Waals surface area (Å²) in [6.45, 7) is 0. The Morgan fingerprint density at radius 2 is 0.430 bits per heavy atom. The highest BCUT2D eigenvalue weighted by Gasteiger charge is 2.29. The first-order valence-corrected chi connectivity index (χ1v) is 38.9. The first-order valence-electron chi connectivity index (χ1n) is 38.9. The standard InChI is InChI=1S/C56H34N4.C50H30N4/c1-4-14-35(15-5-1)38-24-26-39(27-25-38)54-42-20-10-12-22-47(42)57-56(58-54)60-50-31-29-41(37-18-8-3-9-19-37)33-46(50)52-51(60)34-45-44-32-40(36-16-6-2-7-17-36)28-30-49(44)59-48-23-13-11-21-43(48)53(52)55(45)59;1-4-14-31(15-5-1)34-24-26-43-38(28-34)39-30-45-46(47-37-21-11-13-23-42(37)53(43)49(39)47)40-29-35(32-16-6-2-7-17-32)25-27-44(40)54(45)50-51-41-22-12-10-20-36(41)48(52-50)33-18-8-3-9-19-33/h1-34H;1-30H. The lowest BCUT2D eigenvalue weighted by Gasteiger charge is -2.12. The summed E-state index contributed by atoms with van der Waals surface area (Å²) in [5, 5.41) is 16.7. The first-order chi connectivity index (χ1) is 56.6. The molecule has 0 unspecified atom stereocenters. The van der Waals surface area contributed by atoms with Crippen LogP contribution in [0.15, 0.2) is 388 Å². The number of benzene rings is 17. The van der Waals surface area contributed by atoms with E-state index in [1.165, 1.54) is 153 Å². The number of hydrogen-bond donors (Lipinski definition) is 0. The summed E-state index contributed by atoms with van der Waals surface area (Å²) in [5.41, 5.74) is 29.3. The van der Waals surface area contributed by atoms with Crippen LogP contribution in [0.2, 0.25) is 0 Å². The molecule has 0 spiro atoms. The zero-order chi connectivity index (χ0) is 74.6. The second-order valence-electron chi connectivity index (χ2n) is 29.9. The van der Waals surface area contributed by atoms with Crippen LogP contribution >= 0.6 is 0 Å². The molecule has 528 valence electrons. The minimum Gasteiger partial charge on any atom is -0.308 e. The van der Waals surface area contributed by atoms with E-state index in [9.17, 15) is 0 Å². The van der Waals surface area contributed by atoms with Gasteiger partial charge in [0, 0.05) is 86.5 Å². The van der Waals surface area contributed by atoms with E-state index in [2.05, 4.69) is 406 Å². The molecule has 25 rings (SSSR count). The minimum atomic E-state index is 0.648. The molecule has 8 nitrogen and oxygen atoms in total. The molecule has 0 amide bonds. The van der Waals surface area contributed by atoms with Crippen molar-refractivity contribution in [1.82, 2.24) is 37.9 Å². The molecule has 8 aromatic heterocycles. The van der Waals surface area contributed by atoms with E-state index in [4.69, 9.17) is 19.9 Å². The number of hydrogen-bond acceptors (Lipinski definition) is 4. The van der Waals surface area contributed by atoms with Gasteiger partial charge in [-0.2, -0.15) is 0 Å². The molecule has 8 heterocycles. The number of para-hydroxylation sites is 4. The van der Waals surface area contributed by atoms with Crippen LogP contribution in [-0.2, 0) is 0 Å². The fraction of sp³-hybridized carbons (Fsp3) is 0. The van der Waals surface area contributed by atoms with E-state index in [0.717, 1.165) is 66.4 Å². The minimum absolute atomic E-state index is 0.648. The lowest BCUT2D eigenvalue weighted by molar-refractivity contribution is 1.01. The first kappa shape index (κ1) is 63.5. The maximum atomic E-state index is 5.54. The van der Waals surface area contributed by atoms with Gasteiger partial charge in [-0.1, -0.05) is 303 Å². The van der Waals surface area contributed by atoms with E-state index < -0.39 is 0 Å². The molecule has 0 fully saturated rings. The predicted molar refractivity (Wildman–Crippen MR) is 475 cm³/mol. The zero-order valence-corrected chi connectivity index (χ0v) is 61.5. The molecular weight excluding hydrogens is 1390 g/mol. The monoisotopic (exact) mass is 1450 g/mol. The van der Waals surface area contributed by atoms with Crippen LogP contribution in [0.1, 0.15) is 0 Å². The van der Waals surface area contributed by atoms with Crippen LogP contribution in [0.5, 0.6) is 0 Å². The van der Waals surface area contributed by atoms with E-state index in [1.54, 1.807) is 0 Å². The highest BCUT2D eigenvalue weighted by Crippen LogP contribution is 2.51. The van der Waals surface area contributed by atoms with Gasteiger partial charge in [-0.05, 0) is 141 Å². The van der Waals surface area contributed by atoms with Crippen LogP contribution in [0, 0.1) is 0 Å². The van der Waals surface area contributed by atoms with Crippen molar-refractivity contribution in [2.24, 2.45) is 0 Å². The molecule has 0 aliphatic rings. The molecular formula is C106H64N8. The highest BCUT2D eigenvalue weighted by molar-refractivity contribution is 6.38. The Hall–Kier alpha value is -15.4. The van der Waals surface area contributed by atoms with Gasteiger partial charge in [0.05, 0.1) is 77.6 Å². The van der Waals surface area contributed by atoms with Crippen molar-refractivity contribution < 1.29 is 0 Å². The largest absolute Gasteiger partial charge is 0.308 e. The van der Waals surface area contributed by atoms with Crippen LogP contribution in [0.25, 0.3) is 232 Å². The fourth-order valence-corrected chi connectivity index (χ4v) is 18.6. The van der Waals surface area contributed by atoms with Gasteiger partial charge in [0.1, 0.15) is 0 Å². The topological polar surface area (TPSA) is 70.2 Å². The number of aromatic nitrogens is 8. The summed E-state index contributed by atoms with van der Waals surface area (Å²) >= 11 is 0. The Bertz CT molecular complexity index is 8170. The molecule has 8 heteroatoms. The van der Waals surface area contributed by atoms with Crippen molar-refractivity contribution in [3.05, 3.63) is 388 Å². The lowest BCUT2D eigenvalue weighted by atomic mass is 9.98. The van der Waals surface area contributed by atoms with Gasteiger partial charge >= 0.3 is 0 Å². The van der Waals surface area contributed by atoms with Crippen molar-refractivity contribution in [2.75, 3.05) is 0 Å². The average molecular weight is 1450 g/mol. The second-order valence-corrected chi connectivity index (χ2v) is 29.9. The fourth-order valence-electron chi connectivity index (χ4n) is 18.6. The molecule has 0 aliphatic carbocycles. The summed E-state index contributed by atoms with van der Waals surface area (Å²) in [5.74, 6) is 1.31. The molecule has 0 N–H and O–H groups in total. The maximum absolute atomic E-state index is 5.54. The number of nitrogens with zero attached hydrogens (tertiary/aromatic N) is 8. The number of fused-ring (bicyclic) bond motifs is 22. The van der Waals surface area contributed by atoms with Crippen molar-refractivity contribution >= 4 is 142 Å². The summed E-state index contributed by atoms with van der Waals surface area (Å²) < 4.78 is 9.58. The van der Waals surface area contributed by atoms with Crippen LogP contribution in [-0.4, -0.2) is 37.9 Å². The summed E-state index contributed by atoms with van der Waals surface area (Å²) in [6, 6.07) is 139. The maximum Gasteiger partial charge on any atom is 0.235 e. The molecule has 0 bridgehead atoms. The van der Waals surface area contributed by atoms with Gasteiger partial charge in [-0.15, -0.1) is 0 Å². The van der Waals surface area contributed by atoms with E-state index in [1.807, 2.05) is 0 Å². The third-order valence-corrected chi connectivity index (χ3v) is 23.7. The van der Waals surface area contributed by atoms with E-state index in [-0.39, 0.29) is 0 Å². The lowest BCUT2D eigenvalue weighted by Crippen LogP contribution is -2.03. The summed E-state index contributed by atoms with van der Waals surface area (Å²) in [4.78, 5) is 21.7. The Labute approximate surface area is 653 Å². The molecule has 0 saturated carbocycles. The molecule has 17 aromatic carbocycles. The van der Waals surface area contributed by atoms with Crippen LogP contribution in [0.3, 0.4) is 0 Å². The molecule has 0 atom stereocenters. The van der Waals surface area contributed by atoms with Crippen LogP contribution < -0.4 is 0 Å². The number of rotatable bonds is 9. The Morgan fingerprint density at radius 1 is 0.158 bits per heavy atom. The van der Waals surface area contributed by atoms with E-state index >= 15 is 0 Å². The molecule has 0 saturated heterocycles. The van der Waals surface area contributed by atoms with Gasteiger partial charge < -0.3 is 8.80 Å². The van der Waals surface area contributed by atoms with Gasteiger partial charge in [0.2, 0.25) is 11.9 Å². The molecule has 114 heavy (non-hydrogen) atoms. The SMILES string of the molecule is c1ccc(-c2ccc(-c3nc(-n4c5ccc(-c6ccccc6)cc5c5c6c7ccccc7n7c8ccc(-c9ccccc9)cc8c(cc54)c67)nc4ccccc34)cc2)cc1.c1ccc(-c2ccc3c(c2)c2c4c5ccccc5n5c6ccc(-c7ccccc7)cc6c(cc2n3-c2nc(-c3ccccc3)c3ccccc3n2)c45)cc1. The van der Waals surface area contributed by atoms with Gasteiger partial charge in [0.25, 0.3) is 0 Å². The van der Waals surface area contributed by atoms with Gasteiger partial charge in [-0.3, -0.25) is 9.13 Å². The smallest absolute Gasteiger partial charge is 0.235 e. The van der Waals surface area contributed by atoms with Gasteiger partial charge in [-0.25, -0.2) is 19.9 Å². The third kappa shape index (κ3) is 9.65. The summed E-state index contributed by atoms with van der Waals surface area (Å²) in [7, 11) is 0. The quantitative estimate of drug-likeness (QED) is 0.144. The van der Waals surface area contributed by atoms with Crippen LogP contribution in [0.4, 0.5) is 0 Å². The van der Waals surface area contributed by atoms with Gasteiger partial charge in [0.15, 0.2) is 0 Å². The third-order valence-electron chi connectivity index (χ3n) is 23.7.